The van der Waals surface area contributed by atoms with Crippen LogP contribution in [0, 0.1) is 0 Å². The Morgan fingerprint density at radius 2 is 1.50 bits per heavy atom. The molecule has 7 nitrogen and oxygen atoms in total. The molecule has 1 saturated heterocycles. The van der Waals surface area contributed by atoms with Gasteiger partial charge in [-0.3, -0.25) is 14.4 Å². The maximum atomic E-state index is 12.9. The zero-order chi connectivity index (χ0) is 19.9. The molecule has 28 heavy (non-hydrogen) atoms. The van der Waals surface area contributed by atoms with Crippen LogP contribution in [0.3, 0.4) is 0 Å². The van der Waals surface area contributed by atoms with Gasteiger partial charge in [0.25, 0.3) is 17.7 Å². The molecule has 0 saturated carbocycles. The maximum absolute atomic E-state index is 12.9. The van der Waals surface area contributed by atoms with Gasteiger partial charge in [0.05, 0.1) is 11.1 Å². The fourth-order valence-electron chi connectivity index (χ4n) is 3.67. The van der Waals surface area contributed by atoms with Gasteiger partial charge >= 0.3 is 5.97 Å². The summed E-state index contributed by atoms with van der Waals surface area (Å²) in [5.74, 6) is -2.46. The predicted octanol–water partition coefficient (Wildman–Crippen LogP) is 2.44. The maximum Gasteiger partial charge on any atom is 0.358 e. The van der Waals surface area contributed by atoms with E-state index in [9.17, 15) is 19.2 Å². The first-order valence-corrected chi connectivity index (χ1v) is 9.01. The highest BCUT2D eigenvalue weighted by molar-refractivity contribution is 6.21. The third-order valence-corrected chi connectivity index (χ3v) is 5.28. The van der Waals surface area contributed by atoms with Crippen LogP contribution in [0.2, 0.25) is 0 Å². The van der Waals surface area contributed by atoms with Crippen molar-refractivity contribution in [2.75, 3.05) is 6.54 Å². The Morgan fingerprint density at radius 1 is 0.929 bits per heavy atom. The van der Waals surface area contributed by atoms with Crippen LogP contribution in [0.15, 0.2) is 54.6 Å². The Bertz CT molecular complexity index is 952. The number of hydroxylamine groups is 2. The van der Waals surface area contributed by atoms with Gasteiger partial charge in [-0.05, 0) is 44.0 Å². The molecule has 4 rings (SSSR count). The predicted molar refractivity (Wildman–Crippen MR) is 98.2 cm³/mol. The summed E-state index contributed by atoms with van der Waals surface area (Å²) in [7, 11) is 0. The first kappa shape index (κ1) is 17.9. The zero-order valence-corrected chi connectivity index (χ0v) is 15.3. The molecule has 2 heterocycles. The number of imide groups is 1. The van der Waals surface area contributed by atoms with E-state index in [0.717, 1.165) is 0 Å². The van der Waals surface area contributed by atoms with Crippen molar-refractivity contribution in [2.24, 2.45) is 0 Å². The highest BCUT2D eigenvalue weighted by Gasteiger charge is 2.50. The lowest BCUT2D eigenvalue weighted by Gasteiger charge is -2.33. The summed E-state index contributed by atoms with van der Waals surface area (Å²) < 4.78 is 0. The van der Waals surface area contributed by atoms with Gasteiger partial charge in [-0.15, -0.1) is 0 Å². The summed E-state index contributed by atoms with van der Waals surface area (Å²) in [6, 6.07) is 14.9. The average molecular weight is 378 g/mol. The number of amides is 3. The van der Waals surface area contributed by atoms with Crippen molar-refractivity contribution in [3.8, 4) is 0 Å². The van der Waals surface area contributed by atoms with Gasteiger partial charge in [0, 0.05) is 12.1 Å². The second-order valence-electron chi connectivity index (χ2n) is 7.03. The number of likely N-dealkylation sites (tertiary alicyclic amines) is 1. The fourth-order valence-corrected chi connectivity index (χ4v) is 3.67. The summed E-state index contributed by atoms with van der Waals surface area (Å²) in [6.07, 6.45) is 1.000. The first-order valence-electron chi connectivity index (χ1n) is 9.01. The second-order valence-corrected chi connectivity index (χ2v) is 7.03. The Morgan fingerprint density at radius 3 is 2.11 bits per heavy atom. The minimum Gasteiger partial charge on any atom is -0.327 e. The molecule has 142 valence electrons. The minimum atomic E-state index is -1.26. The van der Waals surface area contributed by atoms with Gasteiger partial charge in [-0.1, -0.05) is 35.4 Å². The summed E-state index contributed by atoms with van der Waals surface area (Å²) in [5, 5.41) is 0.488. The Balaban J connectivity index is 1.57. The van der Waals surface area contributed by atoms with Crippen LogP contribution in [0.5, 0.6) is 0 Å². The molecule has 2 aromatic rings. The molecule has 1 atom stereocenters. The molecule has 2 aromatic carbocycles. The molecular weight excluding hydrogens is 360 g/mol. The summed E-state index contributed by atoms with van der Waals surface area (Å²) in [4.78, 5) is 57.4. The number of carbonyl (C=O) groups excluding carboxylic acids is 4. The number of benzene rings is 2. The van der Waals surface area contributed by atoms with E-state index >= 15 is 0 Å². The SMILES string of the molecule is CC1(C(=O)ON2C(=O)c3ccccc3C2=O)CCCN1C(=O)c1ccccc1. The standard InChI is InChI=1S/C21H18N2O5/c1-21(12-7-13-22(21)17(24)14-8-3-2-4-9-14)20(27)28-23-18(25)15-10-5-6-11-16(15)19(23)26/h2-6,8-11H,7,12-13H2,1H3. The third kappa shape index (κ3) is 2.67. The fraction of sp³-hybridized carbons (Fsp3) is 0.238. The quantitative estimate of drug-likeness (QED) is 0.766. The van der Waals surface area contributed by atoms with Crippen LogP contribution in [0.1, 0.15) is 50.8 Å². The molecule has 0 spiro atoms. The molecule has 3 amide bonds. The molecule has 0 aliphatic carbocycles. The average Bonchev–Trinajstić information content (AvgIpc) is 3.23. The van der Waals surface area contributed by atoms with Gasteiger partial charge in [0.15, 0.2) is 0 Å². The van der Waals surface area contributed by atoms with E-state index in [1.807, 2.05) is 0 Å². The van der Waals surface area contributed by atoms with Crippen molar-refractivity contribution in [3.63, 3.8) is 0 Å². The molecule has 2 aliphatic heterocycles. The van der Waals surface area contributed by atoms with E-state index in [1.165, 1.54) is 17.0 Å². The van der Waals surface area contributed by atoms with Gasteiger partial charge in [0.2, 0.25) is 0 Å². The lowest BCUT2D eigenvalue weighted by atomic mass is 9.98. The Kier molecular flexibility index (Phi) is 4.22. The smallest absolute Gasteiger partial charge is 0.327 e. The molecule has 0 radical (unpaired) electrons. The van der Waals surface area contributed by atoms with Gasteiger partial charge in [-0.2, -0.15) is 0 Å². The minimum absolute atomic E-state index is 0.189. The largest absolute Gasteiger partial charge is 0.358 e. The van der Waals surface area contributed by atoms with Crippen LogP contribution in [0.4, 0.5) is 0 Å². The van der Waals surface area contributed by atoms with E-state index in [4.69, 9.17) is 4.84 Å². The first-order chi connectivity index (χ1) is 13.4. The Labute approximate surface area is 161 Å². The second kappa shape index (κ2) is 6.60. The monoisotopic (exact) mass is 378 g/mol. The van der Waals surface area contributed by atoms with Crippen LogP contribution >= 0.6 is 0 Å². The lowest BCUT2D eigenvalue weighted by Crippen LogP contribution is -2.53. The van der Waals surface area contributed by atoms with E-state index < -0.39 is 23.3 Å². The summed E-state index contributed by atoms with van der Waals surface area (Å²) >= 11 is 0. The number of hydrogen-bond acceptors (Lipinski definition) is 5. The number of rotatable bonds is 3. The van der Waals surface area contributed by atoms with Gasteiger partial charge in [0.1, 0.15) is 5.54 Å². The molecular formula is C21H18N2O5. The molecule has 1 unspecified atom stereocenters. The van der Waals surface area contributed by atoms with Crippen molar-refractivity contribution >= 4 is 23.7 Å². The molecule has 0 aromatic heterocycles. The van der Waals surface area contributed by atoms with Crippen molar-refractivity contribution in [3.05, 3.63) is 71.3 Å². The lowest BCUT2D eigenvalue weighted by molar-refractivity contribution is -0.179. The van der Waals surface area contributed by atoms with Crippen molar-refractivity contribution in [1.82, 2.24) is 9.96 Å². The van der Waals surface area contributed by atoms with Gasteiger partial charge < -0.3 is 9.74 Å². The van der Waals surface area contributed by atoms with E-state index in [0.29, 0.717) is 30.0 Å². The normalized spacial score (nSPS) is 21.0. The van der Waals surface area contributed by atoms with Crippen LogP contribution in [-0.2, 0) is 9.63 Å². The van der Waals surface area contributed by atoms with Crippen LogP contribution < -0.4 is 0 Å². The molecule has 0 N–H and O–H groups in total. The molecule has 1 fully saturated rings. The van der Waals surface area contributed by atoms with Crippen molar-refractivity contribution in [1.29, 1.82) is 0 Å². The highest BCUT2D eigenvalue weighted by Crippen LogP contribution is 2.33. The molecule has 7 heteroatoms. The zero-order valence-electron chi connectivity index (χ0n) is 15.3. The third-order valence-electron chi connectivity index (χ3n) is 5.28. The topological polar surface area (TPSA) is 84.0 Å². The summed E-state index contributed by atoms with van der Waals surface area (Å²) in [6.45, 7) is 1.99. The van der Waals surface area contributed by atoms with Crippen LogP contribution in [0.25, 0.3) is 0 Å². The summed E-state index contributed by atoms with van der Waals surface area (Å²) in [5.41, 5.74) is -0.422. The van der Waals surface area contributed by atoms with E-state index in [-0.39, 0.29) is 17.0 Å². The molecule has 2 aliphatic rings. The van der Waals surface area contributed by atoms with Crippen molar-refractivity contribution < 1.29 is 24.0 Å². The van der Waals surface area contributed by atoms with Crippen molar-refractivity contribution in [2.45, 2.75) is 25.3 Å². The molecule has 0 bridgehead atoms. The van der Waals surface area contributed by atoms with Crippen LogP contribution in [-0.4, -0.2) is 45.7 Å². The van der Waals surface area contributed by atoms with Gasteiger partial charge in [-0.25, -0.2) is 4.79 Å². The number of nitrogens with zero attached hydrogens (tertiary/aromatic N) is 2. The number of fused-ring (bicyclic) bond motifs is 1. The van der Waals surface area contributed by atoms with E-state index in [2.05, 4.69) is 0 Å². The Hall–Kier alpha value is -3.48. The highest BCUT2D eigenvalue weighted by atomic mass is 16.7. The number of carbonyl (C=O) groups is 4. The number of hydrogen-bond donors (Lipinski definition) is 0. The van der Waals surface area contributed by atoms with E-state index in [1.54, 1.807) is 49.4 Å².